The van der Waals surface area contributed by atoms with Crippen molar-refractivity contribution < 1.29 is 19.5 Å². The van der Waals surface area contributed by atoms with Gasteiger partial charge in [0, 0.05) is 18.3 Å². The zero-order valence-electron chi connectivity index (χ0n) is 8.64. The highest BCUT2D eigenvalue weighted by molar-refractivity contribution is 6.21. The van der Waals surface area contributed by atoms with E-state index in [-0.39, 0.29) is 6.42 Å². The first-order valence-electron chi connectivity index (χ1n) is 4.81. The second-order valence-electron chi connectivity index (χ2n) is 3.60. The fourth-order valence-electron chi connectivity index (χ4n) is 1.47. The fraction of sp³-hybridized carbons (Fsp3) is 0.200. The summed E-state index contributed by atoms with van der Waals surface area (Å²) in [6.07, 6.45) is 1.18. The van der Waals surface area contributed by atoms with Gasteiger partial charge in [0.2, 0.25) is 5.60 Å². The number of nitrogens with one attached hydrogen (secondary N) is 2. The number of aliphatic hydroxyl groups is 1. The van der Waals surface area contributed by atoms with Crippen LogP contribution in [0.1, 0.15) is 5.69 Å². The van der Waals surface area contributed by atoms with Crippen molar-refractivity contribution in [1.29, 1.82) is 0 Å². The summed E-state index contributed by atoms with van der Waals surface area (Å²) >= 11 is 0. The van der Waals surface area contributed by atoms with Crippen LogP contribution in [0.5, 0.6) is 0 Å². The quantitative estimate of drug-likeness (QED) is 0.553. The molecule has 1 fully saturated rings. The highest BCUT2D eigenvalue weighted by atomic mass is 16.3. The maximum absolute atomic E-state index is 11.5. The number of aromatic nitrogens is 1. The van der Waals surface area contributed by atoms with Gasteiger partial charge in [-0.25, -0.2) is 4.79 Å². The molecule has 0 aromatic carbocycles. The van der Waals surface area contributed by atoms with Crippen LogP contribution in [0.4, 0.5) is 4.79 Å². The maximum atomic E-state index is 11.5. The minimum Gasteiger partial charge on any atom is -0.371 e. The zero-order valence-corrected chi connectivity index (χ0v) is 8.64. The Morgan fingerprint density at radius 2 is 1.82 bits per heavy atom. The number of hydrogen-bond acceptors (Lipinski definition) is 5. The summed E-state index contributed by atoms with van der Waals surface area (Å²) in [6.45, 7) is 0. The molecule has 4 amide bonds. The Labute approximate surface area is 95.8 Å². The molecule has 1 aliphatic rings. The molecule has 0 radical (unpaired) electrons. The normalized spacial score (nSPS) is 18.5. The Kier molecular flexibility index (Phi) is 2.60. The van der Waals surface area contributed by atoms with Gasteiger partial charge in [0.15, 0.2) is 0 Å². The molecule has 0 unspecified atom stereocenters. The van der Waals surface area contributed by atoms with Gasteiger partial charge in [0.05, 0.1) is 0 Å². The van der Waals surface area contributed by atoms with E-state index in [2.05, 4.69) is 4.98 Å². The van der Waals surface area contributed by atoms with E-state index in [9.17, 15) is 19.5 Å². The highest BCUT2D eigenvalue weighted by Crippen LogP contribution is 2.15. The molecule has 88 valence electrons. The molecule has 17 heavy (non-hydrogen) atoms. The zero-order chi connectivity index (χ0) is 12.5. The second kappa shape index (κ2) is 3.95. The van der Waals surface area contributed by atoms with Crippen LogP contribution in [0.25, 0.3) is 0 Å². The van der Waals surface area contributed by atoms with Gasteiger partial charge in [-0.3, -0.25) is 25.2 Å². The molecular weight excluding hydrogens is 226 g/mol. The lowest BCUT2D eigenvalue weighted by molar-refractivity contribution is -0.154. The van der Waals surface area contributed by atoms with Crippen LogP contribution in [0.3, 0.4) is 0 Å². The van der Waals surface area contributed by atoms with Gasteiger partial charge in [-0.2, -0.15) is 0 Å². The summed E-state index contributed by atoms with van der Waals surface area (Å²) in [6, 6.07) is 3.95. The first-order valence-corrected chi connectivity index (χ1v) is 4.81. The largest absolute Gasteiger partial charge is 0.371 e. The van der Waals surface area contributed by atoms with Crippen LogP contribution in [0.2, 0.25) is 0 Å². The maximum Gasteiger partial charge on any atom is 0.328 e. The number of rotatable bonds is 2. The minimum absolute atomic E-state index is 0.293. The predicted octanol–water partition coefficient (Wildman–Crippen LogP) is -1.28. The van der Waals surface area contributed by atoms with Gasteiger partial charge in [-0.15, -0.1) is 0 Å². The van der Waals surface area contributed by atoms with Crippen molar-refractivity contribution in [2.75, 3.05) is 0 Å². The third-order valence-corrected chi connectivity index (χ3v) is 2.37. The number of hydrogen-bond donors (Lipinski definition) is 3. The molecular formula is C10H9N3O4. The number of nitrogens with zero attached hydrogens (tertiary/aromatic N) is 1. The average molecular weight is 235 g/mol. The van der Waals surface area contributed by atoms with Crippen molar-refractivity contribution in [3.63, 3.8) is 0 Å². The van der Waals surface area contributed by atoms with Crippen LogP contribution < -0.4 is 10.6 Å². The van der Waals surface area contributed by atoms with Crippen molar-refractivity contribution in [3.05, 3.63) is 30.1 Å². The van der Waals surface area contributed by atoms with E-state index in [4.69, 9.17) is 0 Å². The molecule has 0 bridgehead atoms. The van der Waals surface area contributed by atoms with E-state index in [0.717, 1.165) is 0 Å². The molecule has 1 saturated heterocycles. The average Bonchev–Trinajstić information content (AvgIpc) is 2.28. The lowest BCUT2D eigenvalue weighted by Gasteiger charge is -2.28. The van der Waals surface area contributed by atoms with Crippen molar-refractivity contribution in [1.82, 2.24) is 15.6 Å². The summed E-state index contributed by atoms with van der Waals surface area (Å²) < 4.78 is 0. The number of barbiturate groups is 1. The van der Waals surface area contributed by atoms with E-state index in [1.807, 2.05) is 10.6 Å². The van der Waals surface area contributed by atoms with Crippen molar-refractivity contribution in [3.8, 4) is 0 Å². The van der Waals surface area contributed by atoms with Crippen LogP contribution in [0, 0.1) is 0 Å². The topological polar surface area (TPSA) is 108 Å². The molecule has 3 N–H and O–H groups in total. The van der Waals surface area contributed by atoms with Crippen LogP contribution in [-0.2, 0) is 16.0 Å². The van der Waals surface area contributed by atoms with E-state index < -0.39 is 23.4 Å². The number of carbonyl (C=O) groups excluding carboxylic acids is 3. The van der Waals surface area contributed by atoms with Crippen LogP contribution in [0.15, 0.2) is 24.4 Å². The van der Waals surface area contributed by atoms with Crippen molar-refractivity contribution >= 4 is 17.8 Å². The Bertz CT molecular complexity index is 466. The van der Waals surface area contributed by atoms with Gasteiger partial charge in [-0.1, -0.05) is 6.07 Å². The number of amides is 4. The van der Waals surface area contributed by atoms with E-state index in [1.165, 1.54) is 6.20 Å². The molecule has 1 aliphatic heterocycles. The summed E-state index contributed by atoms with van der Waals surface area (Å²) in [5.74, 6) is -2.09. The van der Waals surface area contributed by atoms with Crippen LogP contribution >= 0.6 is 0 Å². The fourth-order valence-corrected chi connectivity index (χ4v) is 1.47. The molecule has 1 aromatic heterocycles. The summed E-state index contributed by atoms with van der Waals surface area (Å²) in [4.78, 5) is 37.7. The summed E-state index contributed by atoms with van der Waals surface area (Å²) in [5, 5.41) is 13.6. The molecule has 0 spiro atoms. The first-order chi connectivity index (χ1) is 8.02. The molecule has 7 nitrogen and oxygen atoms in total. The van der Waals surface area contributed by atoms with Gasteiger partial charge < -0.3 is 5.11 Å². The SMILES string of the molecule is O=C1NC(=O)C(O)(Cc2ccccn2)C(=O)N1. The Morgan fingerprint density at radius 3 is 2.35 bits per heavy atom. The predicted molar refractivity (Wildman–Crippen MR) is 54.6 cm³/mol. The van der Waals surface area contributed by atoms with Gasteiger partial charge in [0.25, 0.3) is 11.8 Å². The summed E-state index contributed by atoms with van der Waals surface area (Å²) in [5.41, 5.74) is -1.93. The summed E-state index contributed by atoms with van der Waals surface area (Å²) in [7, 11) is 0. The lowest BCUT2D eigenvalue weighted by Crippen LogP contribution is -2.67. The third kappa shape index (κ3) is 2.00. The van der Waals surface area contributed by atoms with Crippen molar-refractivity contribution in [2.24, 2.45) is 0 Å². The lowest BCUT2D eigenvalue weighted by atomic mass is 9.94. The van der Waals surface area contributed by atoms with E-state index in [0.29, 0.717) is 5.69 Å². The minimum atomic E-state index is -2.30. The molecule has 0 saturated carbocycles. The molecule has 0 atom stereocenters. The molecule has 0 aliphatic carbocycles. The van der Waals surface area contributed by atoms with Gasteiger partial charge >= 0.3 is 6.03 Å². The number of pyridine rings is 1. The monoisotopic (exact) mass is 235 g/mol. The number of urea groups is 1. The molecule has 7 heteroatoms. The Hall–Kier alpha value is -2.28. The van der Waals surface area contributed by atoms with E-state index >= 15 is 0 Å². The van der Waals surface area contributed by atoms with Crippen molar-refractivity contribution in [2.45, 2.75) is 12.0 Å². The Balaban J connectivity index is 2.26. The second-order valence-corrected chi connectivity index (χ2v) is 3.60. The molecule has 2 heterocycles. The smallest absolute Gasteiger partial charge is 0.328 e. The standard InChI is InChI=1S/C10H9N3O4/c14-7-10(17,8(15)13-9(16)12-7)5-6-3-1-2-4-11-6/h1-4,17H,5H2,(H2,12,13,14,15,16). The molecule has 1 aromatic rings. The Morgan fingerprint density at radius 1 is 1.18 bits per heavy atom. The number of carbonyl (C=O) groups is 3. The number of imide groups is 2. The molecule has 2 rings (SSSR count). The van der Waals surface area contributed by atoms with Gasteiger partial charge in [-0.05, 0) is 12.1 Å². The van der Waals surface area contributed by atoms with E-state index in [1.54, 1.807) is 18.2 Å². The highest BCUT2D eigenvalue weighted by Gasteiger charge is 2.49. The first kappa shape index (κ1) is 11.2. The third-order valence-electron chi connectivity index (χ3n) is 2.37. The van der Waals surface area contributed by atoms with Gasteiger partial charge in [0.1, 0.15) is 0 Å². The van der Waals surface area contributed by atoms with Crippen LogP contribution in [-0.4, -0.2) is 33.5 Å².